The van der Waals surface area contributed by atoms with Gasteiger partial charge in [-0.25, -0.2) is 8.78 Å². The predicted molar refractivity (Wildman–Crippen MR) is 65.9 cm³/mol. The minimum atomic E-state index is -3.42. The molecular formula is C15H11F4N. The number of pyridine rings is 1. The Hall–Kier alpha value is -1.91. The van der Waals surface area contributed by atoms with Crippen molar-refractivity contribution < 1.29 is 17.6 Å². The second-order valence-corrected chi connectivity index (χ2v) is 5.00. The molecule has 0 radical (unpaired) electrons. The summed E-state index contributed by atoms with van der Waals surface area (Å²) in [6.45, 7) is 1.73. The molecule has 1 aromatic carbocycles. The number of fused-ring (bicyclic) bond motifs is 1. The molecule has 2 atom stereocenters. The topological polar surface area (TPSA) is 12.9 Å². The van der Waals surface area contributed by atoms with E-state index in [1.807, 2.05) is 0 Å². The number of hydrogen-bond donors (Lipinski definition) is 0. The molecule has 1 nitrogen and oxygen atoms in total. The van der Waals surface area contributed by atoms with Gasteiger partial charge in [0.15, 0.2) is 0 Å². The Bertz CT molecular complexity index is 651. The highest BCUT2D eigenvalue weighted by atomic mass is 19.3. The van der Waals surface area contributed by atoms with Gasteiger partial charge in [0.05, 0.1) is 5.92 Å². The molecule has 0 saturated heterocycles. The van der Waals surface area contributed by atoms with Crippen LogP contribution in [0.3, 0.4) is 0 Å². The first-order valence-electron chi connectivity index (χ1n) is 6.15. The molecule has 0 spiro atoms. The third-order valence-electron chi connectivity index (χ3n) is 3.62. The molecule has 2 unspecified atom stereocenters. The summed E-state index contributed by atoms with van der Waals surface area (Å²) >= 11 is 0. The highest BCUT2D eigenvalue weighted by molar-refractivity contribution is 5.46. The second kappa shape index (κ2) is 4.30. The molecule has 1 aliphatic carbocycles. The zero-order valence-corrected chi connectivity index (χ0v) is 10.6. The number of aryl methyl sites for hydroxylation is 1. The summed E-state index contributed by atoms with van der Waals surface area (Å²) in [4.78, 5) is 3.69. The summed E-state index contributed by atoms with van der Waals surface area (Å²) in [6.07, 6.45) is -0.556. The number of hydrogen-bond acceptors (Lipinski definition) is 1. The van der Waals surface area contributed by atoms with E-state index >= 15 is 0 Å². The number of rotatable bonds is 2. The molecule has 104 valence electrons. The van der Waals surface area contributed by atoms with Crippen LogP contribution in [-0.4, -0.2) is 4.98 Å². The van der Waals surface area contributed by atoms with E-state index < -0.39 is 29.5 Å². The molecular weight excluding hydrogens is 270 g/mol. The van der Waals surface area contributed by atoms with Gasteiger partial charge in [0.2, 0.25) is 0 Å². The van der Waals surface area contributed by atoms with Crippen molar-refractivity contribution in [2.24, 2.45) is 0 Å². The molecule has 1 aliphatic rings. The molecule has 0 bridgehead atoms. The Morgan fingerprint density at radius 1 is 1.10 bits per heavy atom. The molecule has 1 heterocycles. The number of benzene rings is 1. The van der Waals surface area contributed by atoms with Gasteiger partial charge < -0.3 is 0 Å². The van der Waals surface area contributed by atoms with E-state index in [0.717, 1.165) is 17.7 Å². The average molecular weight is 281 g/mol. The van der Waals surface area contributed by atoms with Crippen molar-refractivity contribution in [1.82, 2.24) is 4.98 Å². The zero-order valence-electron chi connectivity index (χ0n) is 10.6. The lowest BCUT2D eigenvalue weighted by Crippen LogP contribution is -2.35. The largest absolute Gasteiger partial charge is 0.299 e. The van der Waals surface area contributed by atoms with Crippen LogP contribution >= 0.6 is 0 Å². The number of alkyl halides is 3. The van der Waals surface area contributed by atoms with Crippen LogP contribution in [0.15, 0.2) is 36.5 Å². The van der Waals surface area contributed by atoms with Crippen LogP contribution in [0.1, 0.15) is 34.5 Å². The Balaban J connectivity index is 2.00. The quantitative estimate of drug-likeness (QED) is 0.742. The molecule has 3 rings (SSSR count). The van der Waals surface area contributed by atoms with Crippen molar-refractivity contribution in [3.05, 3.63) is 64.7 Å². The van der Waals surface area contributed by atoms with E-state index in [4.69, 9.17) is 0 Å². The molecule has 0 saturated carbocycles. The minimum absolute atomic E-state index is 0.00165. The lowest BCUT2D eigenvalue weighted by atomic mass is 9.71. The van der Waals surface area contributed by atoms with E-state index in [0.29, 0.717) is 0 Å². The SMILES string of the molecule is Cc1ccc(C(F)(F)C2c3ccc(F)cc3C2F)nc1. The lowest BCUT2D eigenvalue weighted by Gasteiger charge is -2.39. The summed E-state index contributed by atoms with van der Waals surface area (Å²) in [5, 5.41) is 0. The highest BCUT2D eigenvalue weighted by Gasteiger charge is 2.55. The fraction of sp³-hybridized carbons (Fsp3) is 0.267. The molecule has 1 aromatic heterocycles. The van der Waals surface area contributed by atoms with Gasteiger partial charge in [0, 0.05) is 6.20 Å². The lowest BCUT2D eigenvalue weighted by molar-refractivity contribution is -0.0749. The first-order chi connectivity index (χ1) is 9.41. The van der Waals surface area contributed by atoms with Crippen molar-refractivity contribution in [2.75, 3.05) is 0 Å². The van der Waals surface area contributed by atoms with Crippen LogP contribution in [0, 0.1) is 12.7 Å². The second-order valence-electron chi connectivity index (χ2n) is 5.00. The van der Waals surface area contributed by atoms with Gasteiger partial charge in [-0.3, -0.25) is 4.98 Å². The number of halogens is 4. The van der Waals surface area contributed by atoms with Gasteiger partial charge in [-0.05, 0) is 41.8 Å². The Labute approximate surface area is 113 Å². The van der Waals surface area contributed by atoms with E-state index in [1.165, 1.54) is 24.4 Å². The maximum absolute atomic E-state index is 14.4. The monoisotopic (exact) mass is 281 g/mol. The number of aromatic nitrogens is 1. The fourth-order valence-electron chi connectivity index (χ4n) is 2.51. The molecule has 0 fully saturated rings. The third kappa shape index (κ3) is 1.80. The number of nitrogens with zero attached hydrogens (tertiary/aromatic N) is 1. The van der Waals surface area contributed by atoms with Crippen LogP contribution in [0.2, 0.25) is 0 Å². The smallest absolute Gasteiger partial charge is 0.255 e. The normalized spacial score (nSPS) is 21.2. The fourth-order valence-corrected chi connectivity index (χ4v) is 2.51. The molecule has 2 aromatic rings. The van der Waals surface area contributed by atoms with Crippen LogP contribution in [0.25, 0.3) is 0 Å². The van der Waals surface area contributed by atoms with Crippen LogP contribution in [0.4, 0.5) is 17.6 Å². The van der Waals surface area contributed by atoms with E-state index in [-0.39, 0.29) is 11.1 Å². The Morgan fingerprint density at radius 3 is 2.50 bits per heavy atom. The maximum Gasteiger partial charge on any atom is 0.299 e. The Morgan fingerprint density at radius 2 is 1.85 bits per heavy atom. The van der Waals surface area contributed by atoms with Gasteiger partial charge in [-0.1, -0.05) is 12.1 Å². The first-order valence-corrected chi connectivity index (χ1v) is 6.15. The summed E-state index contributed by atoms with van der Waals surface area (Å²) in [6, 6.07) is 5.95. The summed E-state index contributed by atoms with van der Waals surface area (Å²) < 4.78 is 55.7. The zero-order chi connectivity index (χ0) is 14.5. The highest BCUT2D eigenvalue weighted by Crippen LogP contribution is 2.58. The third-order valence-corrected chi connectivity index (χ3v) is 3.62. The van der Waals surface area contributed by atoms with Gasteiger partial charge in [0.25, 0.3) is 5.92 Å². The molecule has 0 amide bonds. The van der Waals surface area contributed by atoms with Crippen molar-refractivity contribution in [3.63, 3.8) is 0 Å². The standard InChI is InChI=1S/C15H11F4N/c1-8-2-5-12(20-7-8)15(18,19)13-10-4-3-9(16)6-11(10)14(13)17/h2-7,13-14H,1H3. The molecule has 0 N–H and O–H groups in total. The molecule has 0 aliphatic heterocycles. The molecule has 20 heavy (non-hydrogen) atoms. The molecule has 5 heteroatoms. The van der Waals surface area contributed by atoms with Gasteiger partial charge in [0.1, 0.15) is 17.7 Å². The van der Waals surface area contributed by atoms with Crippen molar-refractivity contribution in [1.29, 1.82) is 0 Å². The van der Waals surface area contributed by atoms with Gasteiger partial charge in [-0.2, -0.15) is 8.78 Å². The summed E-state index contributed by atoms with van der Waals surface area (Å²) in [7, 11) is 0. The van der Waals surface area contributed by atoms with Crippen LogP contribution in [-0.2, 0) is 5.92 Å². The van der Waals surface area contributed by atoms with E-state index in [9.17, 15) is 17.6 Å². The Kier molecular flexibility index (Phi) is 2.81. The van der Waals surface area contributed by atoms with Gasteiger partial charge >= 0.3 is 0 Å². The van der Waals surface area contributed by atoms with Crippen molar-refractivity contribution >= 4 is 0 Å². The van der Waals surface area contributed by atoms with Crippen molar-refractivity contribution in [2.45, 2.75) is 24.9 Å². The summed E-state index contributed by atoms with van der Waals surface area (Å²) in [5.41, 5.74) is 0.427. The van der Waals surface area contributed by atoms with E-state index in [2.05, 4.69) is 4.98 Å². The van der Waals surface area contributed by atoms with E-state index in [1.54, 1.807) is 6.92 Å². The maximum atomic E-state index is 14.4. The van der Waals surface area contributed by atoms with Gasteiger partial charge in [-0.15, -0.1) is 0 Å². The predicted octanol–water partition coefficient (Wildman–Crippen LogP) is 4.43. The summed E-state index contributed by atoms with van der Waals surface area (Å²) in [5.74, 6) is -5.65. The minimum Gasteiger partial charge on any atom is -0.255 e. The van der Waals surface area contributed by atoms with Crippen molar-refractivity contribution in [3.8, 4) is 0 Å². The van der Waals surface area contributed by atoms with Crippen LogP contribution < -0.4 is 0 Å². The first kappa shape index (κ1) is 13.1. The average Bonchev–Trinajstić information content (AvgIpc) is 2.40. The van der Waals surface area contributed by atoms with Crippen LogP contribution in [0.5, 0.6) is 0 Å².